The molecule has 1 aliphatic carbocycles. The highest BCUT2D eigenvalue weighted by Crippen LogP contribution is 2.35. The number of carbonyl (C=O) groups excluding carboxylic acids is 1. The summed E-state index contributed by atoms with van der Waals surface area (Å²) in [5.41, 5.74) is 1.09. The molecule has 3 rings (SSSR count). The van der Waals surface area contributed by atoms with Gasteiger partial charge in [-0.1, -0.05) is 30.3 Å². The maximum absolute atomic E-state index is 12.2. The molecule has 0 bridgehead atoms. The normalized spacial score (nSPS) is 21.5. The van der Waals surface area contributed by atoms with Crippen LogP contribution in [0.1, 0.15) is 31.2 Å². The number of nitrogens with one attached hydrogen (secondary N) is 2. The zero-order valence-electron chi connectivity index (χ0n) is 13.9. The van der Waals surface area contributed by atoms with Crippen molar-refractivity contribution in [2.75, 3.05) is 19.8 Å². The molecule has 0 aromatic heterocycles. The van der Waals surface area contributed by atoms with Gasteiger partial charge in [-0.05, 0) is 24.8 Å². The van der Waals surface area contributed by atoms with Gasteiger partial charge in [0.15, 0.2) is 5.79 Å². The number of urea groups is 1. The van der Waals surface area contributed by atoms with Gasteiger partial charge in [-0.3, -0.25) is 0 Å². The zero-order chi connectivity index (χ0) is 16.8. The molecule has 3 N–H and O–H groups in total. The molecular formula is C18H26N2O4. The van der Waals surface area contributed by atoms with Crippen LogP contribution in [0.15, 0.2) is 30.3 Å². The van der Waals surface area contributed by atoms with Gasteiger partial charge < -0.3 is 25.2 Å². The van der Waals surface area contributed by atoms with Crippen LogP contribution in [0.25, 0.3) is 0 Å². The van der Waals surface area contributed by atoms with E-state index < -0.39 is 5.79 Å². The van der Waals surface area contributed by atoms with Crippen LogP contribution in [-0.4, -0.2) is 48.8 Å². The van der Waals surface area contributed by atoms with Crippen LogP contribution >= 0.6 is 0 Å². The van der Waals surface area contributed by atoms with Gasteiger partial charge in [-0.2, -0.15) is 0 Å². The summed E-state index contributed by atoms with van der Waals surface area (Å²) in [4.78, 5) is 12.2. The highest BCUT2D eigenvalue weighted by Gasteiger charge is 2.40. The molecule has 1 unspecified atom stereocenters. The van der Waals surface area contributed by atoms with Crippen molar-refractivity contribution in [3.8, 4) is 0 Å². The molecule has 6 nitrogen and oxygen atoms in total. The van der Waals surface area contributed by atoms with E-state index in [4.69, 9.17) is 9.47 Å². The topological polar surface area (TPSA) is 79.8 Å². The van der Waals surface area contributed by atoms with Crippen LogP contribution in [0.4, 0.5) is 4.79 Å². The average molecular weight is 334 g/mol. The van der Waals surface area contributed by atoms with Crippen LogP contribution in [0, 0.1) is 0 Å². The molecule has 1 aliphatic heterocycles. The number of hydrogen-bond acceptors (Lipinski definition) is 4. The minimum absolute atomic E-state index is 0.0855. The predicted octanol–water partition coefficient (Wildman–Crippen LogP) is 1.57. The van der Waals surface area contributed by atoms with Crippen molar-refractivity contribution in [2.45, 2.75) is 50.0 Å². The molecule has 0 radical (unpaired) electrons. The molecule has 1 aromatic rings. The monoisotopic (exact) mass is 334 g/mol. The highest BCUT2D eigenvalue weighted by atomic mass is 16.7. The van der Waals surface area contributed by atoms with Gasteiger partial charge in [-0.15, -0.1) is 0 Å². The maximum Gasteiger partial charge on any atom is 0.315 e. The Labute approximate surface area is 142 Å². The Bertz CT molecular complexity index is 521. The molecule has 1 atom stereocenters. The standard InChI is InChI=1S/C18H26N2O4/c21-13-16(12-14-4-2-1-3-5-14)20-17(22)19-15-6-8-18(9-7-15)23-10-11-24-18/h1-5,15-16,21H,6-13H2,(H2,19,20,22). The van der Waals surface area contributed by atoms with Gasteiger partial charge in [0.2, 0.25) is 0 Å². The molecule has 1 saturated heterocycles. The first-order valence-corrected chi connectivity index (χ1v) is 8.69. The SMILES string of the molecule is O=C(NC1CCC2(CC1)OCCO2)NC(CO)Cc1ccccc1. The second-order valence-corrected chi connectivity index (χ2v) is 6.57. The van der Waals surface area contributed by atoms with Gasteiger partial charge in [0.1, 0.15) is 0 Å². The number of hydrogen-bond donors (Lipinski definition) is 3. The lowest BCUT2D eigenvalue weighted by atomic mass is 9.90. The average Bonchev–Trinajstić information content (AvgIpc) is 3.06. The Morgan fingerprint density at radius 2 is 1.88 bits per heavy atom. The molecule has 2 amide bonds. The van der Waals surface area contributed by atoms with Crippen molar-refractivity contribution in [2.24, 2.45) is 0 Å². The van der Waals surface area contributed by atoms with E-state index in [2.05, 4.69) is 10.6 Å². The third kappa shape index (κ3) is 4.47. The Morgan fingerprint density at radius 1 is 1.21 bits per heavy atom. The van der Waals surface area contributed by atoms with Gasteiger partial charge in [0.25, 0.3) is 0 Å². The Morgan fingerprint density at radius 3 is 2.50 bits per heavy atom. The molecule has 1 heterocycles. The molecule has 2 aliphatic rings. The lowest BCUT2D eigenvalue weighted by Crippen LogP contribution is -2.50. The lowest BCUT2D eigenvalue weighted by molar-refractivity contribution is -0.179. The molecule has 1 spiro atoms. The molecule has 2 fully saturated rings. The van der Waals surface area contributed by atoms with E-state index in [1.54, 1.807) is 0 Å². The number of amides is 2. The number of rotatable bonds is 5. The van der Waals surface area contributed by atoms with E-state index in [1.165, 1.54) is 0 Å². The van der Waals surface area contributed by atoms with Crippen molar-refractivity contribution in [1.29, 1.82) is 0 Å². The van der Waals surface area contributed by atoms with Crippen molar-refractivity contribution >= 4 is 6.03 Å². The van der Waals surface area contributed by atoms with Crippen molar-refractivity contribution in [3.05, 3.63) is 35.9 Å². The molecule has 132 valence electrons. The van der Waals surface area contributed by atoms with Crippen LogP contribution in [0.3, 0.4) is 0 Å². The summed E-state index contributed by atoms with van der Waals surface area (Å²) in [7, 11) is 0. The quantitative estimate of drug-likeness (QED) is 0.764. The van der Waals surface area contributed by atoms with E-state index in [0.29, 0.717) is 19.6 Å². The fraction of sp³-hybridized carbons (Fsp3) is 0.611. The fourth-order valence-electron chi connectivity index (χ4n) is 3.46. The predicted molar refractivity (Wildman–Crippen MR) is 89.6 cm³/mol. The Balaban J connectivity index is 1.43. The zero-order valence-corrected chi connectivity index (χ0v) is 13.9. The molecule has 1 saturated carbocycles. The summed E-state index contributed by atoms with van der Waals surface area (Å²) in [6.07, 6.45) is 3.92. The third-order valence-corrected chi connectivity index (χ3v) is 4.78. The van der Waals surface area contributed by atoms with Crippen LogP contribution in [0.2, 0.25) is 0 Å². The molecular weight excluding hydrogens is 308 g/mol. The van der Waals surface area contributed by atoms with E-state index in [1.807, 2.05) is 30.3 Å². The highest BCUT2D eigenvalue weighted by molar-refractivity contribution is 5.74. The number of ether oxygens (including phenoxy) is 2. The summed E-state index contributed by atoms with van der Waals surface area (Å²) in [6.45, 7) is 1.24. The molecule has 6 heteroatoms. The first-order valence-electron chi connectivity index (χ1n) is 8.69. The summed E-state index contributed by atoms with van der Waals surface area (Å²) >= 11 is 0. The van der Waals surface area contributed by atoms with Crippen molar-refractivity contribution < 1.29 is 19.4 Å². The summed E-state index contributed by atoms with van der Waals surface area (Å²) in [5.74, 6) is -0.407. The Kier molecular flexibility index (Phi) is 5.71. The van der Waals surface area contributed by atoms with Crippen molar-refractivity contribution in [1.82, 2.24) is 10.6 Å². The molecule has 24 heavy (non-hydrogen) atoms. The van der Waals surface area contributed by atoms with Crippen molar-refractivity contribution in [3.63, 3.8) is 0 Å². The second kappa shape index (κ2) is 7.96. The van der Waals surface area contributed by atoms with E-state index in [-0.39, 0.29) is 24.7 Å². The van der Waals surface area contributed by atoms with E-state index in [0.717, 1.165) is 31.2 Å². The van der Waals surface area contributed by atoms with Gasteiger partial charge in [-0.25, -0.2) is 4.79 Å². The fourth-order valence-corrected chi connectivity index (χ4v) is 3.46. The minimum Gasteiger partial charge on any atom is -0.394 e. The first kappa shape index (κ1) is 17.2. The largest absolute Gasteiger partial charge is 0.394 e. The third-order valence-electron chi connectivity index (χ3n) is 4.78. The number of carbonyl (C=O) groups is 1. The summed E-state index contributed by atoms with van der Waals surface area (Å²) in [5, 5.41) is 15.4. The van der Waals surface area contributed by atoms with E-state index >= 15 is 0 Å². The lowest BCUT2D eigenvalue weighted by Gasteiger charge is -2.35. The molecule has 1 aromatic carbocycles. The maximum atomic E-state index is 12.2. The van der Waals surface area contributed by atoms with Gasteiger partial charge in [0, 0.05) is 18.9 Å². The van der Waals surface area contributed by atoms with Gasteiger partial charge in [0.05, 0.1) is 25.9 Å². The number of aliphatic hydroxyl groups is 1. The summed E-state index contributed by atoms with van der Waals surface area (Å²) in [6, 6.07) is 9.45. The van der Waals surface area contributed by atoms with Crippen LogP contribution < -0.4 is 10.6 Å². The first-order chi connectivity index (χ1) is 11.7. The summed E-state index contributed by atoms with van der Waals surface area (Å²) < 4.78 is 11.4. The van der Waals surface area contributed by atoms with E-state index in [9.17, 15) is 9.90 Å². The Hall–Kier alpha value is -1.63. The van der Waals surface area contributed by atoms with Gasteiger partial charge >= 0.3 is 6.03 Å². The minimum atomic E-state index is -0.407. The van der Waals surface area contributed by atoms with Crippen LogP contribution in [0.5, 0.6) is 0 Å². The second-order valence-electron chi connectivity index (χ2n) is 6.57. The number of aliphatic hydroxyl groups excluding tert-OH is 1. The van der Waals surface area contributed by atoms with Crippen LogP contribution in [-0.2, 0) is 15.9 Å². The smallest absolute Gasteiger partial charge is 0.315 e. The number of benzene rings is 1.